The topological polar surface area (TPSA) is 57.6 Å². The number of likely N-dealkylation sites (tertiary alicyclic amines) is 1. The minimum atomic E-state index is -0.740. The van der Waals surface area contributed by atoms with Crippen molar-refractivity contribution in [2.45, 2.75) is 20.3 Å². The fourth-order valence-corrected chi connectivity index (χ4v) is 1.80. The molecule has 0 radical (unpaired) electrons. The molecule has 0 bridgehead atoms. The van der Waals surface area contributed by atoms with E-state index in [0.717, 1.165) is 0 Å². The first-order valence-corrected chi connectivity index (χ1v) is 4.50. The van der Waals surface area contributed by atoms with Gasteiger partial charge in [-0.25, -0.2) is 0 Å². The number of rotatable bonds is 1. The SMILES string of the molecule is CC(=O)N1CCC(C(=O)O)C(C)C1. The van der Waals surface area contributed by atoms with Crippen molar-refractivity contribution in [3.63, 3.8) is 0 Å². The summed E-state index contributed by atoms with van der Waals surface area (Å²) >= 11 is 0. The number of piperidine rings is 1. The van der Waals surface area contributed by atoms with Gasteiger partial charge in [0, 0.05) is 20.0 Å². The molecule has 1 amide bonds. The van der Waals surface area contributed by atoms with Crippen molar-refractivity contribution in [2.75, 3.05) is 13.1 Å². The van der Waals surface area contributed by atoms with Gasteiger partial charge >= 0.3 is 5.97 Å². The number of nitrogens with zero attached hydrogens (tertiary/aromatic N) is 1. The summed E-state index contributed by atoms with van der Waals surface area (Å²) < 4.78 is 0. The van der Waals surface area contributed by atoms with Gasteiger partial charge in [-0.05, 0) is 12.3 Å². The van der Waals surface area contributed by atoms with Crippen molar-refractivity contribution in [1.82, 2.24) is 4.90 Å². The molecular weight excluding hydrogens is 170 g/mol. The Labute approximate surface area is 77.5 Å². The van der Waals surface area contributed by atoms with Crippen LogP contribution in [0, 0.1) is 11.8 Å². The van der Waals surface area contributed by atoms with Gasteiger partial charge in [-0.1, -0.05) is 6.92 Å². The maximum Gasteiger partial charge on any atom is 0.306 e. The summed E-state index contributed by atoms with van der Waals surface area (Å²) in [6.45, 7) is 4.56. The van der Waals surface area contributed by atoms with Gasteiger partial charge in [0.1, 0.15) is 0 Å². The van der Waals surface area contributed by atoms with Crippen molar-refractivity contribution in [1.29, 1.82) is 0 Å². The van der Waals surface area contributed by atoms with Crippen LogP contribution in [-0.4, -0.2) is 35.0 Å². The molecule has 0 aromatic rings. The van der Waals surface area contributed by atoms with Crippen LogP contribution in [-0.2, 0) is 9.59 Å². The van der Waals surface area contributed by atoms with Crippen LogP contribution in [0.3, 0.4) is 0 Å². The Morgan fingerprint density at radius 1 is 1.46 bits per heavy atom. The van der Waals surface area contributed by atoms with Gasteiger partial charge in [0.2, 0.25) is 5.91 Å². The monoisotopic (exact) mass is 185 g/mol. The van der Waals surface area contributed by atoms with Gasteiger partial charge < -0.3 is 10.0 Å². The van der Waals surface area contributed by atoms with E-state index < -0.39 is 5.97 Å². The Balaban J connectivity index is 2.56. The molecule has 1 saturated heterocycles. The molecule has 0 aliphatic carbocycles. The van der Waals surface area contributed by atoms with Crippen LogP contribution < -0.4 is 0 Å². The Bertz CT molecular complexity index is 227. The zero-order valence-electron chi connectivity index (χ0n) is 7.99. The van der Waals surface area contributed by atoms with E-state index in [4.69, 9.17) is 5.11 Å². The van der Waals surface area contributed by atoms with Crippen molar-refractivity contribution in [2.24, 2.45) is 11.8 Å². The van der Waals surface area contributed by atoms with Crippen LogP contribution in [0.1, 0.15) is 20.3 Å². The number of hydrogen-bond acceptors (Lipinski definition) is 2. The van der Waals surface area contributed by atoms with Gasteiger partial charge in [-0.2, -0.15) is 0 Å². The van der Waals surface area contributed by atoms with E-state index in [2.05, 4.69) is 0 Å². The van der Waals surface area contributed by atoms with Crippen molar-refractivity contribution < 1.29 is 14.7 Å². The van der Waals surface area contributed by atoms with Gasteiger partial charge in [0.15, 0.2) is 0 Å². The van der Waals surface area contributed by atoms with E-state index in [1.54, 1.807) is 4.90 Å². The van der Waals surface area contributed by atoms with Crippen molar-refractivity contribution in [3.05, 3.63) is 0 Å². The van der Waals surface area contributed by atoms with Crippen LogP contribution in [0.15, 0.2) is 0 Å². The minimum Gasteiger partial charge on any atom is -0.481 e. The number of amides is 1. The van der Waals surface area contributed by atoms with E-state index in [-0.39, 0.29) is 17.7 Å². The van der Waals surface area contributed by atoms with Crippen molar-refractivity contribution >= 4 is 11.9 Å². The molecule has 13 heavy (non-hydrogen) atoms. The maximum atomic E-state index is 11.0. The summed E-state index contributed by atoms with van der Waals surface area (Å²) in [6, 6.07) is 0. The molecule has 1 aliphatic heterocycles. The summed E-state index contributed by atoms with van der Waals surface area (Å²) in [7, 11) is 0. The number of aliphatic carboxylic acids is 1. The fourth-order valence-electron chi connectivity index (χ4n) is 1.80. The lowest BCUT2D eigenvalue weighted by atomic mass is 9.87. The highest BCUT2D eigenvalue weighted by atomic mass is 16.4. The van der Waals surface area contributed by atoms with Crippen LogP contribution >= 0.6 is 0 Å². The van der Waals surface area contributed by atoms with Gasteiger partial charge in [-0.3, -0.25) is 9.59 Å². The number of carboxylic acids is 1. The average Bonchev–Trinajstić information content (AvgIpc) is 2.03. The van der Waals surface area contributed by atoms with E-state index in [1.165, 1.54) is 6.92 Å². The quantitative estimate of drug-likeness (QED) is 0.650. The Morgan fingerprint density at radius 2 is 2.08 bits per heavy atom. The maximum absolute atomic E-state index is 11.0. The largest absolute Gasteiger partial charge is 0.481 e. The molecule has 2 atom stereocenters. The number of hydrogen-bond donors (Lipinski definition) is 1. The lowest BCUT2D eigenvalue weighted by Crippen LogP contribution is -2.44. The predicted molar refractivity (Wildman–Crippen MR) is 47.2 cm³/mol. The molecule has 4 heteroatoms. The Hall–Kier alpha value is -1.06. The van der Waals surface area contributed by atoms with Crippen molar-refractivity contribution in [3.8, 4) is 0 Å². The first-order valence-electron chi connectivity index (χ1n) is 4.50. The third-order valence-corrected chi connectivity index (χ3v) is 2.67. The lowest BCUT2D eigenvalue weighted by Gasteiger charge is -2.34. The first kappa shape index (κ1) is 10.0. The number of carbonyl (C=O) groups is 2. The molecule has 1 rings (SSSR count). The van der Waals surface area contributed by atoms with Gasteiger partial charge in [-0.15, -0.1) is 0 Å². The zero-order valence-corrected chi connectivity index (χ0v) is 7.99. The van der Waals surface area contributed by atoms with E-state index >= 15 is 0 Å². The highest BCUT2D eigenvalue weighted by Gasteiger charge is 2.31. The van der Waals surface area contributed by atoms with E-state index in [9.17, 15) is 9.59 Å². The predicted octanol–water partition coefficient (Wildman–Crippen LogP) is 0.575. The third kappa shape index (κ3) is 2.20. The second-order valence-corrected chi connectivity index (χ2v) is 3.68. The fraction of sp³-hybridized carbons (Fsp3) is 0.778. The molecule has 1 heterocycles. The van der Waals surface area contributed by atoms with Crippen LogP contribution in [0.25, 0.3) is 0 Å². The zero-order chi connectivity index (χ0) is 10.0. The second kappa shape index (κ2) is 3.77. The summed E-state index contributed by atoms with van der Waals surface area (Å²) in [5.41, 5.74) is 0. The highest BCUT2D eigenvalue weighted by molar-refractivity contribution is 5.74. The van der Waals surface area contributed by atoms with E-state index in [1.807, 2.05) is 6.92 Å². The molecule has 0 spiro atoms. The van der Waals surface area contributed by atoms with Gasteiger partial charge in [0.25, 0.3) is 0 Å². The number of carbonyl (C=O) groups excluding carboxylic acids is 1. The summed E-state index contributed by atoms with van der Waals surface area (Å²) in [5.74, 6) is -0.919. The molecule has 1 fully saturated rings. The molecule has 0 saturated carbocycles. The minimum absolute atomic E-state index is 0.0377. The standard InChI is InChI=1S/C9H15NO3/c1-6-5-10(7(2)11)4-3-8(6)9(12)13/h6,8H,3-5H2,1-2H3,(H,12,13). The molecule has 1 aliphatic rings. The smallest absolute Gasteiger partial charge is 0.306 e. The molecule has 4 nitrogen and oxygen atoms in total. The van der Waals surface area contributed by atoms with Crippen LogP contribution in [0.5, 0.6) is 0 Å². The molecule has 2 unspecified atom stereocenters. The first-order chi connectivity index (χ1) is 6.02. The Kier molecular flexibility index (Phi) is 2.90. The number of carboxylic acid groups (broad SMARTS) is 1. The Morgan fingerprint density at radius 3 is 2.46 bits per heavy atom. The van der Waals surface area contributed by atoms with Gasteiger partial charge in [0.05, 0.1) is 5.92 Å². The highest BCUT2D eigenvalue weighted by Crippen LogP contribution is 2.23. The summed E-state index contributed by atoms with van der Waals surface area (Å²) in [6.07, 6.45) is 0.579. The van der Waals surface area contributed by atoms with E-state index in [0.29, 0.717) is 19.5 Å². The average molecular weight is 185 g/mol. The van der Waals surface area contributed by atoms with Crippen LogP contribution in [0.2, 0.25) is 0 Å². The second-order valence-electron chi connectivity index (χ2n) is 3.68. The molecule has 0 aromatic heterocycles. The summed E-state index contributed by atoms with van der Waals surface area (Å²) in [5, 5.41) is 8.83. The molecule has 74 valence electrons. The summed E-state index contributed by atoms with van der Waals surface area (Å²) in [4.78, 5) is 23.4. The molecular formula is C9H15NO3. The third-order valence-electron chi connectivity index (χ3n) is 2.67. The molecule has 0 aromatic carbocycles. The lowest BCUT2D eigenvalue weighted by molar-refractivity contribution is -0.147. The van der Waals surface area contributed by atoms with Crippen LogP contribution in [0.4, 0.5) is 0 Å². The normalized spacial score (nSPS) is 28.6. The molecule has 1 N–H and O–H groups in total.